The molecule has 0 aromatic carbocycles. The molecule has 2 aliphatic rings. The molecule has 21 heavy (non-hydrogen) atoms. The van der Waals surface area contributed by atoms with Crippen LogP contribution >= 0.6 is 0 Å². The number of hydrogen-bond acceptors (Lipinski definition) is 3. The van der Waals surface area contributed by atoms with E-state index < -0.39 is 0 Å². The van der Waals surface area contributed by atoms with Crippen molar-refractivity contribution in [1.29, 1.82) is 0 Å². The molecule has 5 heteroatoms. The van der Waals surface area contributed by atoms with Gasteiger partial charge < -0.3 is 20.3 Å². The van der Waals surface area contributed by atoms with Crippen LogP contribution in [-0.2, 0) is 4.74 Å². The van der Waals surface area contributed by atoms with Gasteiger partial charge in [0.1, 0.15) is 0 Å². The summed E-state index contributed by atoms with van der Waals surface area (Å²) in [6, 6.07) is 0.558. The van der Waals surface area contributed by atoms with Crippen molar-refractivity contribution < 1.29 is 4.74 Å². The maximum atomic E-state index is 5.15. The summed E-state index contributed by atoms with van der Waals surface area (Å²) in [5.74, 6) is 1.97. The van der Waals surface area contributed by atoms with E-state index in [4.69, 9.17) is 9.73 Å². The van der Waals surface area contributed by atoms with Crippen LogP contribution < -0.4 is 10.6 Å². The highest BCUT2D eigenvalue weighted by molar-refractivity contribution is 5.80. The second kappa shape index (κ2) is 9.26. The van der Waals surface area contributed by atoms with Gasteiger partial charge in [0.05, 0.1) is 6.61 Å². The molecule has 0 aromatic heterocycles. The first-order chi connectivity index (χ1) is 10.3. The molecule has 0 amide bonds. The topological polar surface area (TPSA) is 48.9 Å². The first-order valence-corrected chi connectivity index (χ1v) is 8.58. The lowest BCUT2D eigenvalue weighted by Crippen LogP contribution is -2.49. The van der Waals surface area contributed by atoms with Crippen LogP contribution in [-0.4, -0.2) is 63.3 Å². The monoisotopic (exact) mass is 296 g/mol. The summed E-state index contributed by atoms with van der Waals surface area (Å²) in [7, 11) is 1.77. The van der Waals surface area contributed by atoms with E-state index in [1.165, 1.54) is 32.1 Å². The summed E-state index contributed by atoms with van der Waals surface area (Å²) in [5.41, 5.74) is 0. The molecule has 2 fully saturated rings. The van der Waals surface area contributed by atoms with Crippen molar-refractivity contribution >= 4 is 5.96 Å². The Morgan fingerprint density at radius 1 is 1.24 bits per heavy atom. The van der Waals surface area contributed by atoms with Gasteiger partial charge in [0.2, 0.25) is 0 Å². The lowest BCUT2D eigenvalue weighted by Gasteiger charge is -2.32. The Balaban J connectivity index is 1.67. The number of nitrogens with one attached hydrogen (secondary N) is 2. The number of rotatable bonds is 8. The number of aliphatic imine (C=N–C) groups is 1. The zero-order valence-electron chi connectivity index (χ0n) is 13.7. The normalized spacial score (nSPS) is 21.5. The Hall–Kier alpha value is -0.810. The summed E-state index contributed by atoms with van der Waals surface area (Å²) in [6.45, 7) is 8.23. The lowest BCUT2D eigenvalue weighted by molar-refractivity contribution is 0.128. The van der Waals surface area contributed by atoms with Gasteiger partial charge in [0.15, 0.2) is 5.96 Å². The Morgan fingerprint density at radius 3 is 2.62 bits per heavy atom. The third kappa shape index (κ3) is 6.66. The molecule has 0 atom stereocenters. The third-order valence-electron chi connectivity index (χ3n) is 4.39. The van der Waals surface area contributed by atoms with E-state index in [1.807, 2.05) is 0 Å². The molecule has 1 saturated heterocycles. The molecule has 1 heterocycles. The molecule has 1 aliphatic heterocycles. The average Bonchev–Trinajstić information content (AvgIpc) is 3.31. The third-order valence-corrected chi connectivity index (χ3v) is 4.39. The van der Waals surface area contributed by atoms with E-state index >= 15 is 0 Å². The summed E-state index contributed by atoms with van der Waals surface area (Å²) in [5, 5.41) is 6.98. The van der Waals surface area contributed by atoms with Gasteiger partial charge in [-0.1, -0.05) is 12.8 Å². The van der Waals surface area contributed by atoms with Crippen molar-refractivity contribution in [2.24, 2.45) is 10.9 Å². The zero-order chi connectivity index (χ0) is 14.9. The quantitative estimate of drug-likeness (QED) is 0.526. The molecule has 0 radical (unpaired) electrons. The van der Waals surface area contributed by atoms with Crippen LogP contribution in [0.3, 0.4) is 0 Å². The number of piperidine rings is 1. The molecule has 0 unspecified atom stereocenters. The number of ether oxygens (including phenoxy) is 1. The van der Waals surface area contributed by atoms with E-state index in [-0.39, 0.29) is 0 Å². The molecular weight excluding hydrogens is 264 g/mol. The van der Waals surface area contributed by atoms with E-state index in [9.17, 15) is 0 Å². The molecule has 5 nitrogen and oxygen atoms in total. The van der Waals surface area contributed by atoms with Gasteiger partial charge in [-0.3, -0.25) is 4.99 Å². The average molecular weight is 296 g/mol. The van der Waals surface area contributed by atoms with Crippen LogP contribution in [0.5, 0.6) is 0 Å². The van der Waals surface area contributed by atoms with Gasteiger partial charge in [-0.2, -0.15) is 0 Å². The van der Waals surface area contributed by atoms with Gasteiger partial charge in [0, 0.05) is 45.9 Å². The van der Waals surface area contributed by atoms with Crippen LogP contribution in [0.1, 0.15) is 39.0 Å². The Bertz CT molecular complexity index is 309. The van der Waals surface area contributed by atoms with E-state index in [1.54, 1.807) is 7.11 Å². The van der Waals surface area contributed by atoms with E-state index in [0.717, 1.165) is 51.2 Å². The Labute approximate surface area is 129 Å². The summed E-state index contributed by atoms with van der Waals surface area (Å²) < 4.78 is 5.15. The largest absolute Gasteiger partial charge is 0.383 e. The fourth-order valence-corrected chi connectivity index (χ4v) is 2.80. The molecule has 122 valence electrons. The number of guanidine groups is 1. The standard InChI is InChI=1S/C16H32N4O/c1-3-17-16(18-9-6-14-4-5-14)19-15-7-10-20(11-8-15)12-13-21-2/h14-15H,3-13H2,1-2H3,(H2,17,18,19). The predicted octanol–water partition coefficient (Wildman–Crippen LogP) is 1.45. The number of hydrogen-bond donors (Lipinski definition) is 2. The van der Waals surface area contributed by atoms with E-state index in [2.05, 4.69) is 22.5 Å². The van der Waals surface area contributed by atoms with Gasteiger partial charge in [-0.15, -0.1) is 0 Å². The molecule has 0 spiro atoms. The summed E-state index contributed by atoms with van der Waals surface area (Å²) in [4.78, 5) is 7.20. The fraction of sp³-hybridized carbons (Fsp3) is 0.938. The number of likely N-dealkylation sites (tertiary alicyclic amines) is 1. The summed E-state index contributed by atoms with van der Waals surface area (Å²) >= 11 is 0. The summed E-state index contributed by atoms with van der Waals surface area (Å²) in [6.07, 6.45) is 6.47. The molecule has 2 N–H and O–H groups in total. The minimum absolute atomic E-state index is 0.558. The molecule has 1 saturated carbocycles. The van der Waals surface area contributed by atoms with Gasteiger partial charge >= 0.3 is 0 Å². The van der Waals surface area contributed by atoms with Crippen LogP contribution in [0.15, 0.2) is 4.99 Å². The molecule has 1 aliphatic carbocycles. The highest BCUT2D eigenvalue weighted by Crippen LogP contribution is 2.32. The number of methoxy groups -OCH3 is 1. The van der Waals surface area contributed by atoms with Crippen molar-refractivity contribution in [3.63, 3.8) is 0 Å². The maximum Gasteiger partial charge on any atom is 0.191 e. The smallest absolute Gasteiger partial charge is 0.191 e. The van der Waals surface area contributed by atoms with Crippen molar-refractivity contribution in [3.8, 4) is 0 Å². The van der Waals surface area contributed by atoms with Crippen molar-refractivity contribution in [1.82, 2.24) is 15.5 Å². The van der Waals surface area contributed by atoms with Crippen molar-refractivity contribution in [2.75, 3.05) is 46.4 Å². The van der Waals surface area contributed by atoms with Crippen LogP contribution in [0, 0.1) is 5.92 Å². The lowest BCUT2D eigenvalue weighted by atomic mass is 10.1. The van der Waals surface area contributed by atoms with Crippen molar-refractivity contribution in [2.45, 2.75) is 45.1 Å². The fourth-order valence-electron chi connectivity index (χ4n) is 2.80. The van der Waals surface area contributed by atoms with Crippen LogP contribution in [0.2, 0.25) is 0 Å². The number of nitrogens with zero attached hydrogens (tertiary/aromatic N) is 2. The highest BCUT2D eigenvalue weighted by Gasteiger charge is 2.21. The first kappa shape index (κ1) is 16.6. The molecule has 0 bridgehead atoms. The molecular formula is C16H32N4O. The van der Waals surface area contributed by atoms with Crippen molar-refractivity contribution in [3.05, 3.63) is 0 Å². The van der Waals surface area contributed by atoms with E-state index in [0.29, 0.717) is 6.04 Å². The zero-order valence-corrected chi connectivity index (χ0v) is 13.7. The highest BCUT2D eigenvalue weighted by atomic mass is 16.5. The van der Waals surface area contributed by atoms with Gasteiger partial charge in [-0.05, 0) is 32.1 Å². The van der Waals surface area contributed by atoms with Gasteiger partial charge in [0.25, 0.3) is 0 Å². The molecule has 0 aromatic rings. The first-order valence-electron chi connectivity index (χ1n) is 8.58. The Kier molecular flexibility index (Phi) is 7.30. The van der Waals surface area contributed by atoms with Crippen LogP contribution in [0.4, 0.5) is 0 Å². The second-order valence-corrected chi connectivity index (χ2v) is 6.25. The minimum atomic E-state index is 0.558. The van der Waals surface area contributed by atoms with Crippen LogP contribution in [0.25, 0.3) is 0 Å². The minimum Gasteiger partial charge on any atom is -0.383 e. The maximum absolute atomic E-state index is 5.15. The predicted molar refractivity (Wildman–Crippen MR) is 87.8 cm³/mol. The Morgan fingerprint density at radius 2 is 2.00 bits per heavy atom. The molecule has 2 rings (SSSR count). The SMILES string of the molecule is CCNC(=NCCC1CC1)NC1CCN(CCOC)CC1. The second-order valence-electron chi connectivity index (χ2n) is 6.25. The van der Waals surface area contributed by atoms with Gasteiger partial charge in [-0.25, -0.2) is 0 Å².